The number of hydrogen-bond donors (Lipinski definition) is 1. The third-order valence-corrected chi connectivity index (χ3v) is 5.40. The lowest BCUT2D eigenvalue weighted by Crippen LogP contribution is -2.36. The molecule has 5 heteroatoms. The van der Waals surface area contributed by atoms with Gasteiger partial charge in [-0.2, -0.15) is 0 Å². The molecular formula is C19H17N3O2. The molecule has 5 nitrogen and oxygen atoms in total. The first-order chi connectivity index (χ1) is 11.8. The zero-order chi connectivity index (χ0) is 16.3. The minimum absolute atomic E-state index is 0.0170. The minimum Gasteiger partial charge on any atom is -0.386 e. The van der Waals surface area contributed by atoms with Crippen LogP contribution in [0.5, 0.6) is 0 Å². The molecule has 5 rings (SSSR count). The molecule has 0 aliphatic carbocycles. The maximum Gasteiger partial charge on any atom is 0.250 e. The summed E-state index contributed by atoms with van der Waals surface area (Å²) in [5, 5.41) is 11.0. The van der Waals surface area contributed by atoms with Crippen molar-refractivity contribution >= 4 is 0 Å². The Morgan fingerprint density at radius 3 is 2.92 bits per heavy atom. The Hall–Kier alpha value is -2.66. The molecule has 0 bridgehead atoms. The molecule has 2 aromatic heterocycles. The third kappa shape index (κ3) is 1.73. The van der Waals surface area contributed by atoms with Crippen molar-refractivity contribution in [3.05, 3.63) is 76.6 Å². The highest BCUT2D eigenvalue weighted by atomic mass is 16.3. The molecule has 24 heavy (non-hydrogen) atoms. The molecule has 0 fully saturated rings. The fraction of sp³-hybridized carbons (Fsp3) is 0.263. The van der Waals surface area contributed by atoms with E-state index in [9.17, 15) is 9.90 Å². The lowest BCUT2D eigenvalue weighted by atomic mass is 9.82. The summed E-state index contributed by atoms with van der Waals surface area (Å²) < 4.78 is 3.85. The zero-order valence-electron chi connectivity index (χ0n) is 13.0. The van der Waals surface area contributed by atoms with Gasteiger partial charge < -0.3 is 14.2 Å². The van der Waals surface area contributed by atoms with E-state index >= 15 is 0 Å². The summed E-state index contributed by atoms with van der Waals surface area (Å²) in [4.78, 5) is 16.3. The van der Waals surface area contributed by atoms with Gasteiger partial charge in [-0.3, -0.25) is 4.79 Å². The molecule has 0 saturated heterocycles. The predicted octanol–water partition coefficient (Wildman–Crippen LogP) is 2.37. The molecule has 3 atom stereocenters. The molecule has 4 heterocycles. The number of fused-ring (bicyclic) bond motifs is 4. The van der Waals surface area contributed by atoms with E-state index in [1.807, 2.05) is 30.7 Å². The van der Waals surface area contributed by atoms with E-state index in [2.05, 4.69) is 21.7 Å². The van der Waals surface area contributed by atoms with Crippen molar-refractivity contribution in [3.63, 3.8) is 0 Å². The van der Waals surface area contributed by atoms with Gasteiger partial charge in [0.2, 0.25) is 0 Å². The first-order valence-corrected chi connectivity index (χ1v) is 8.24. The van der Waals surface area contributed by atoms with Crippen LogP contribution in [0, 0.1) is 5.92 Å². The number of benzene rings is 1. The van der Waals surface area contributed by atoms with Crippen LogP contribution in [0.3, 0.4) is 0 Å². The topological polar surface area (TPSA) is 60.0 Å². The normalized spacial score (nSPS) is 24.3. The van der Waals surface area contributed by atoms with Crippen molar-refractivity contribution in [2.45, 2.75) is 25.1 Å². The maximum absolute atomic E-state index is 12.0. The Bertz CT molecular complexity index is 988. The van der Waals surface area contributed by atoms with Crippen molar-refractivity contribution in [2.75, 3.05) is 0 Å². The number of rotatable bonds is 1. The van der Waals surface area contributed by atoms with Crippen LogP contribution < -0.4 is 5.56 Å². The first kappa shape index (κ1) is 13.7. The van der Waals surface area contributed by atoms with E-state index in [4.69, 9.17) is 0 Å². The van der Waals surface area contributed by atoms with Gasteiger partial charge in [-0.1, -0.05) is 30.3 Å². The molecule has 1 aromatic carbocycles. The molecule has 1 N–H and O–H groups in total. The number of aliphatic hydroxyl groups is 1. The third-order valence-electron chi connectivity index (χ3n) is 5.40. The molecule has 2 aliphatic rings. The monoisotopic (exact) mass is 319 g/mol. The standard InChI is InChI=1S/C19H17N3O2/c23-17-7-3-6-15-19(24)14(8-9-21(15)17)18-13-5-2-1-4-12(13)16-10-20-11-22(16)18/h1-7,10-11,14,18-19,24H,8-9H2/t14-,18?,19+/m0/s1. The zero-order valence-corrected chi connectivity index (χ0v) is 13.0. The Labute approximate surface area is 138 Å². The molecule has 0 amide bonds. The van der Waals surface area contributed by atoms with E-state index in [0.29, 0.717) is 12.2 Å². The molecule has 3 aromatic rings. The Morgan fingerprint density at radius 2 is 2.00 bits per heavy atom. The average molecular weight is 319 g/mol. The summed E-state index contributed by atoms with van der Waals surface area (Å²) in [7, 11) is 0. The van der Waals surface area contributed by atoms with Crippen molar-refractivity contribution in [3.8, 4) is 11.3 Å². The highest BCUT2D eigenvalue weighted by Crippen LogP contribution is 2.48. The second-order valence-corrected chi connectivity index (χ2v) is 6.56. The average Bonchev–Trinajstić information content (AvgIpc) is 3.17. The second kappa shape index (κ2) is 4.92. The second-order valence-electron chi connectivity index (χ2n) is 6.56. The fourth-order valence-electron chi connectivity index (χ4n) is 4.33. The van der Waals surface area contributed by atoms with Gasteiger partial charge in [-0.25, -0.2) is 4.98 Å². The molecule has 0 spiro atoms. The van der Waals surface area contributed by atoms with Crippen LogP contribution in [0.15, 0.2) is 59.8 Å². The Balaban J connectivity index is 1.64. The lowest BCUT2D eigenvalue weighted by molar-refractivity contribution is 0.0536. The van der Waals surface area contributed by atoms with Crippen LogP contribution in [-0.4, -0.2) is 19.2 Å². The fourth-order valence-corrected chi connectivity index (χ4v) is 4.33. The van der Waals surface area contributed by atoms with Gasteiger partial charge >= 0.3 is 0 Å². The SMILES string of the molecule is O=c1cccc2n1CC[C@@H](C1c3ccccc3-c3cncn31)[C@H]2O. The van der Waals surface area contributed by atoms with Crippen LogP contribution in [-0.2, 0) is 6.54 Å². The highest BCUT2D eigenvalue weighted by Gasteiger charge is 2.40. The van der Waals surface area contributed by atoms with Gasteiger partial charge in [0.25, 0.3) is 5.56 Å². The van der Waals surface area contributed by atoms with E-state index in [1.54, 1.807) is 16.7 Å². The summed E-state index contributed by atoms with van der Waals surface area (Å²) in [6, 6.07) is 13.5. The Morgan fingerprint density at radius 1 is 1.12 bits per heavy atom. The summed E-state index contributed by atoms with van der Waals surface area (Å²) in [6.07, 6.45) is 3.82. The summed E-state index contributed by atoms with van der Waals surface area (Å²) in [5.74, 6) is 0.0170. The summed E-state index contributed by atoms with van der Waals surface area (Å²) >= 11 is 0. The molecular weight excluding hydrogens is 302 g/mol. The lowest BCUT2D eigenvalue weighted by Gasteiger charge is -2.35. The van der Waals surface area contributed by atoms with Crippen LogP contribution in [0.2, 0.25) is 0 Å². The van der Waals surface area contributed by atoms with Crippen molar-refractivity contribution in [1.82, 2.24) is 14.1 Å². The van der Waals surface area contributed by atoms with E-state index in [-0.39, 0.29) is 17.5 Å². The summed E-state index contributed by atoms with van der Waals surface area (Å²) in [5.41, 5.74) is 4.18. The van der Waals surface area contributed by atoms with Crippen molar-refractivity contribution in [2.24, 2.45) is 5.92 Å². The van der Waals surface area contributed by atoms with Gasteiger partial charge in [0.1, 0.15) is 0 Å². The van der Waals surface area contributed by atoms with Gasteiger partial charge in [0.05, 0.1) is 36.1 Å². The predicted molar refractivity (Wildman–Crippen MR) is 89.6 cm³/mol. The van der Waals surface area contributed by atoms with Crippen LogP contribution in [0.1, 0.15) is 29.8 Å². The molecule has 120 valence electrons. The maximum atomic E-state index is 12.0. The van der Waals surface area contributed by atoms with Gasteiger partial charge in [-0.15, -0.1) is 0 Å². The Kier molecular flexibility index (Phi) is 2.82. The van der Waals surface area contributed by atoms with Crippen LogP contribution >= 0.6 is 0 Å². The first-order valence-electron chi connectivity index (χ1n) is 8.24. The number of aromatic nitrogens is 3. The quantitative estimate of drug-likeness (QED) is 0.749. The number of pyridine rings is 1. The van der Waals surface area contributed by atoms with E-state index in [0.717, 1.165) is 12.1 Å². The molecule has 2 aliphatic heterocycles. The minimum atomic E-state index is -0.668. The molecule has 0 saturated carbocycles. The summed E-state index contributed by atoms with van der Waals surface area (Å²) in [6.45, 7) is 0.638. The number of hydrogen-bond acceptors (Lipinski definition) is 3. The molecule has 1 unspecified atom stereocenters. The van der Waals surface area contributed by atoms with Crippen molar-refractivity contribution < 1.29 is 5.11 Å². The van der Waals surface area contributed by atoms with Crippen LogP contribution in [0.4, 0.5) is 0 Å². The van der Waals surface area contributed by atoms with Gasteiger partial charge in [0, 0.05) is 24.1 Å². The molecule has 0 radical (unpaired) electrons. The van der Waals surface area contributed by atoms with Gasteiger partial charge in [-0.05, 0) is 18.1 Å². The van der Waals surface area contributed by atoms with E-state index in [1.165, 1.54) is 11.1 Å². The number of aliphatic hydroxyl groups excluding tert-OH is 1. The smallest absolute Gasteiger partial charge is 0.250 e. The highest BCUT2D eigenvalue weighted by molar-refractivity contribution is 5.69. The largest absolute Gasteiger partial charge is 0.386 e. The number of nitrogens with zero attached hydrogens (tertiary/aromatic N) is 3. The van der Waals surface area contributed by atoms with Crippen molar-refractivity contribution in [1.29, 1.82) is 0 Å². The van der Waals surface area contributed by atoms with Crippen LogP contribution in [0.25, 0.3) is 11.3 Å². The van der Waals surface area contributed by atoms with E-state index < -0.39 is 6.10 Å². The number of imidazole rings is 1. The van der Waals surface area contributed by atoms with Gasteiger partial charge in [0.15, 0.2) is 0 Å².